The molecule has 0 saturated carbocycles. The fourth-order valence-electron chi connectivity index (χ4n) is 3.28. The Bertz CT molecular complexity index is 705. The van der Waals surface area contributed by atoms with Crippen molar-refractivity contribution in [3.63, 3.8) is 0 Å². The van der Waals surface area contributed by atoms with Crippen LogP contribution in [0.25, 0.3) is 10.9 Å². The second-order valence-corrected chi connectivity index (χ2v) is 5.24. The molecule has 0 atom stereocenters. The van der Waals surface area contributed by atoms with Crippen molar-refractivity contribution in [3.8, 4) is 5.75 Å². The molecule has 2 aromatic rings. The summed E-state index contributed by atoms with van der Waals surface area (Å²) in [7, 11) is 3.86. The van der Waals surface area contributed by atoms with E-state index in [1.165, 1.54) is 22.2 Å². The predicted octanol–water partition coefficient (Wildman–Crippen LogP) is -1.10. The van der Waals surface area contributed by atoms with E-state index >= 15 is 0 Å². The van der Waals surface area contributed by atoms with E-state index in [-0.39, 0.29) is 12.4 Å². The van der Waals surface area contributed by atoms with Crippen LogP contribution in [0.2, 0.25) is 0 Å². The molecule has 0 saturated heterocycles. The van der Waals surface area contributed by atoms with Crippen molar-refractivity contribution in [1.82, 2.24) is 9.47 Å². The highest BCUT2D eigenvalue weighted by molar-refractivity contribution is 6.06. The van der Waals surface area contributed by atoms with Crippen LogP contribution in [-0.2, 0) is 13.0 Å². The standard InChI is InChI=1S/C15H17N3O.ClH/c1-17-7-8-18-13-4-3-10(19-2)9-12(13)11-5-6-16-15(17)14(11)18;/h3-4,9H,5-8H2,1-2H3;1H/p-1. The first-order valence-electron chi connectivity index (χ1n) is 6.74. The fraction of sp³-hybridized carbons (Fsp3) is 0.400. The Hall–Kier alpha value is -1.68. The van der Waals surface area contributed by atoms with Gasteiger partial charge in [-0.1, -0.05) is 0 Å². The van der Waals surface area contributed by atoms with Crippen molar-refractivity contribution in [2.45, 2.75) is 13.0 Å². The highest BCUT2D eigenvalue weighted by Crippen LogP contribution is 2.34. The average Bonchev–Trinajstić information content (AvgIpc) is 2.78. The number of aliphatic imine (C=N–C) groups is 1. The molecule has 106 valence electrons. The number of likely N-dealkylation sites (N-methyl/N-ethyl adjacent to an activating group) is 1. The van der Waals surface area contributed by atoms with E-state index in [4.69, 9.17) is 9.73 Å². The average molecular weight is 291 g/mol. The van der Waals surface area contributed by atoms with Crippen LogP contribution in [0.4, 0.5) is 0 Å². The Morgan fingerprint density at radius 3 is 2.90 bits per heavy atom. The molecule has 0 radical (unpaired) electrons. The molecule has 0 bridgehead atoms. The van der Waals surface area contributed by atoms with Gasteiger partial charge in [-0.25, -0.2) is 0 Å². The topological polar surface area (TPSA) is 29.8 Å². The van der Waals surface area contributed by atoms with Crippen molar-refractivity contribution in [3.05, 3.63) is 29.5 Å². The number of benzene rings is 1. The normalized spacial score (nSPS) is 16.5. The molecule has 0 amide bonds. The van der Waals surface area contributed by atoms with Gasteiger partial charge in [0.15, 0.2) is 0 Å². The lowest BCUT2D eigenvalue weighted by Gasteiger charge is -2.31. The van der Waals surface area contributed by atoms with Crippen molar-refractivity contribution in [1.29, 1.82) is 0 Å². The van der Waals surface area contributed by atoms with Gasteiger partial charge in [-0.15, -0.1) is 0 Å². The van der Waals surface area contributed by atoms with Crippen LogP contribution < -0.4 is 17.1 Å². The maximum Gasteiger partial charge on any atom is 0.148 e. The van der Waals surface area contributed by atoms with Crippen LogP contribution >= 0.6 is 0 Å². The maximum atomic E-state index is 5.37. The maximum absolute atomic E-state index is 5.37. The molecule has 4 rings (SSSR count). The second kappa shape index (κ2) is 4.70. The summed E-state index contributed by atoms with van der Waals surface area (Å²) in [4.78, 5) is 6.98. The number of fused-ring (bicyclic) bond motifs is 3. The molecule has 5 heteroatoms. The first kappa shape index (κ1) is 13.3. The number of hydrogen-bond donors (Lipinski definition) is 0. The Morgan fingerprint density at radius 1 is 1.25 bits per heavy atom. The summed E-state index contributed by atoms with van der Waals surface area (Å²) in [6, 6.07) is 6.39. The predicted molar refractivity (Wildman–Crippen MR) is 76.2 cm³/mol. The summed E-state index contributed by atoms with van der Waals surface area (Å²) in [6.45, 7) is 2.96. The summed E-state index contributed by atoms with van der Waals surface area (Å²) in [5, 5.41) is 1.33. The SMILES string of the molecule is COc1ccc2c(c1)c1c3n2CCN(C)C3=NCC1.[Cl-]. The monoisotopic (exact) mass is 290 g/mol. The number of aromatic nitrogens is 1. The smallest absolute Gasteiger partial charge is 0.148 e. The molecule has 0 N–H and O–H groups in total. The molecule has 4 nitrogen and oxygen atoms in total. The highest BCUT2D eigenvalue weighted by atomic mass is 35.5. The van der Waals surface area contributed by atoms with Crippen molar-refractivity contribution < 1.29 is 17.1 Å². The number of nitrogens with zero attached hydrogens (tertiary/aromatic N) is 3. The van der Waals surface area contributed by atoms with Gasteiger partial charge in [0.2, 0.25) is 0 Å². The van der Waals surface area contributed by atoms with Gasteiger partial charge in [0.25, 0.3) is 0 Å². The van der Waals surface area contributed by atoms with Gasteiger partial charge in [-0.05, 0) is 30.2 Å². The third kappa shape index (κ3) is 1.64. The van der Waals surface area contributed by atoms with Crippen molar-refractivity contribution >= 4 is 16.7 Å². The molecule has 0 aliphatic carbocycles. The molecule has 1 aromatic carbocycles. The van der Waals surface area contributed by atoms with Crippen LogP contribution in [0.15, 0.2) is 23.2 Å². The molecular weight excluding hydrogens is 274 g/mol. The number of halogens is 1. The molecule has 1 aromatic heterocycles. The number of hydrogen-bond acceptors (Lipinski definition) is 3. The molecule has 0 spiro atoms. The Balaban J connectivity index is 0.00000121. The van der Waals surface area contributed by atoms with E-state index in [1.807, 2.05) is 6.07 Å². The number of methoxy groups -OCH3 is 1. The summed E-state index contributed by atoms with van der Waals surface area (Å²) >= 11 is 0. The van der Waals surface area contributed by atoms with Crippen LogP contribution in [-0.4, -0.2) is 42.5 Å². The lowest BCUT2D eigenvalue weighted by molar-refractivity contribution is -0.00000416. The van der Waals surface area contributed by atoms with E-state index in [9.17, 15) is 0 Å². The van der Waals surface area contributed by atoms with Crippen LogP contribution in [0.3, 0.4) is 0 Å². The van der Waals surface area contributed by atoms with Crippen LogP contribution in [0.5, 0.6) is 5.75 Å². The van der Waals surface area contributed by atoms with Gasteiger partial charge in [0, 0.05) is 37.6 Å². The van der Waals surface area contributed by atoms with E-state index in [2.05, 4.69) is 28.6 Å². The minimum absolute atomic E-state index is 0. The van der Waals surface area contributed by atoms with E-state index in [0.717, 1.165) is 37.6 Å². The van der Waals surface area contributed by atoms with Crippen LogP contribution in [0.1, 0.15) is 11.3 Å². The van der Waals surface area contributed by atoms with Gasteiger partial charge in [-0.2, -0.15) is 0 Å². The Morgan fingerprint density at radius 2 is 2.10 bits per heavy atom. The van der Waals surface area contributed by atoms with Crippen LogP contribution in [0, 0.1) is 0 Å². The second-order valence-electron chi connectivity index (χ2n) is 5.24. The van der Waals surface area contributed by atoms with Gasteiger partial charge >= 0.3 is 0 Å². The lowest BCUT2D eigenvalue weighted by atomic mass is 10.0. The van der Waals surface area contributed by atoms with Crippen molar-refractivity contribution in [2.24, 2.45) is 4.99 Å². The van der Waals surface area contributed by atoms with Gasteiger partial charge < -0.3 is 26.6 Å². The molecule has 20 heavy (non-hydrogen) atoms. The zero-order valence-corrected chi connectivity index (χ0v) is 12.4. The third-order valence-corrected chi connectivity index (χ3v) is 4.23. The minimum Gasteiger partial charge on any atom is -1.00 e. The molecule has 2 aliphatic heterocycles. The number of amidine groups is 1. The van der Waals surface area contributed by atoms with E-state index in [1.54, 1.807) is 7.11 Å². The third-order valence-electron chi connectivity index (χ3n) is 4.23. The van der Waals surface area contributed by atoms with E-state index in [0.29, 0.717) is 0 Å². The Labute approximate surface area is 124 Å². The van der Waals surface area contributed by atoms with Gasteiger partial charge in [0.05, 0.1) is 12.8 Å². The number of rotatable bonds is 1. The molecule has 3 heterocycles. The summed E-state index contributed by atoms with van der Waals surface area (Å²) in [5.41, 5.74) is 4.07. The summed E-state index contributed by atoms with van der Waals surface area (Å²) in [6.07, 6.45) is 1.03. The zero-order chi connectivity index (χ0) is 13.0. The van der Waals surface area contributed by atoms with Crippen molar-refractivity contribution in [2.75, 3.05) is 27.2 Å². The van der Waals surface area contributed by atoms with E-state index < -0.39 is 0 Å². The summed E-state index contributed by atoms with van der Waals surface area (Å²) in [5.74, 6) is 2.09. The quantitative estimate of drug-likeness (QED) is 0.668. The van der Waals surface area contributed by atoms with Gasteiger partial charge in [0.1, 0.15) is 11.6 Å². The minimum atomic E-state index is 0. The largest absolute Gasteiger partial charge is 1.00 e. The van der Waals surface area contributed by atoms with Gasteiger partial charge in [-0.3, -0.25) is 4.99 Å². The first-order valence-corrected chi connectivity index (χ1v) is 6.74. The lowest BCUT2D eigenvalue weighted by Crippen LogP contribution is -3.00. The highest BCUT2D eigenvalue weighted by Gasteiger charge is 2.29. The first-order chi connectivity index (χ1) is 9.29. The molecule has 0 fully saturated rings. The zero-order valence-electron chi connectivity index (χ0n) is 11.7. The Kier molecular flexibility index (Phi) is 3.13. The number of ether oxygens (including phenoxy) is 1. The molecular formula is C15H17ClN3O-. The molecule has 2 aliphatic rings. The fourth-order valence-corrected chi connectivity index (χ4v) is 3.28. The summed E-state index contributed by atoms with van der Waals surface area (Å²) < 4.78 is 7.79. The molecule has 0 unspecified atom stereocenters.